The molecular weight excluding hydrogens is 213 g/mol. The highest BCUT2D eigenvalue weighted by Crippen LogP contribution is 2.15. The Kier molecular flexibility index (Phi) is 4.72. The van der Waals surface area contributed by atoms with Gasteiger partial charge in [0.1, 0.15) is 11.6 Å². The summed E-state index contributed by atoms with van der Waals surface area (Å²) in [5.74, 6) is -1.28. The van der Waals surface area contributed by atoms with Crippen molar-refractivity contribution in [3.05, 3.63) is 30.1 Å². The van der Waals surface area contributed by atoms with Crippen molar-refractivity contribution >= 4 is 5.97 Å². The first-order valence-electron chi connectivity index (χ1n) is 4.93. The molecule has 1 rings (SSSR count). The van der Waals surface area contributed by atoms with Gasteiger partial charge in [0, 0.05) is 12.5 Å². The fraction of sp³-hybridized carbons (Fsp3) is 0.364. The van der Waals surface area contributed by atoms with Gasteiger partial charge in [0.25, 0.3) is 0 Å². The number of aliphatic carboxylic acids is 1. The van der Waals surface area contributed by atoms with Crippen molar-refractivity contribution in [2.24, 2.45) is 0 Å². The Balaban J connectivity index is 2.64. The first-order chi connectivity index (χ1) is 7.63. The quantitative estimate of drug-likeness (QED) is 0.768. The van der Waals surface area contributed by atoms with Crippen LogP contribution in [0.3, 0.4) is 0 Å². The zero-order valence-electron chi connectivity index (χ0n) is 8.94. The molecule has 0 bridgehead atoms. The predicted molar refractivity (Wildman–Crippen MR) is 57.0 cm³/mol. The first-order valence-corrected chi connectivity index (χ1v) is 4.93. The average Bonchev–Trinajstić information content (AvgIpc) is 2.24. The van der Waals surface area contributed by atoms with E-state index in [-0.39, 0.29) is 5.75 Å². The highest BCUT2D eigenvalue weighted by atomic mass is 19.1. The van der Waals surface area contributed by atoms with Crippen LogP contribution >= 0.6 is 0 Å². The fourth-order valence-corrected chi connectivity index (χ4v) is 1.21. The second-order valence-corrected chi connectivity index (χ2v) is 3.29. The van der Waals surface area contributed by atoms with Crippen LogP contribution in [-0.4, -0.2) is 30.8 Å². The van der Waals surface area contributed by atoms with Crippen LogP contribution < -0.4 is 10.1 Å². The van der Waals surface area contributed by atoms with Crippen LogP contribution in [0.25, 0.3) is 0 Å². The number of ether oxygens (including phenoxy) is 1. The van der Waals surface area contributed by atoms with E-state index in [9.17, 15) is 9.18 Å². The van der Waals surface area contributed by atoms with Gasteiger partial charge in [-0.1, -0.05) is 6.07 Å². The maximum Gasteiger partial charge on any atom is 0.344 e. The third-order valence-electron chi connectivity index (χ3n) is 2.01. The van der Waals surface area contributed by atoms with Crippen LogP contribution in [0.1, 0.15) is 6.42 Å². The summed E-state index contributed by atoms with van der Waals surface area (Å²) in [5.41, 5.74) is 0. The van der Waals surface area contributed by atoms with Crippen LogP contribution in [0.15, 0.2) is 24.3 Å². The number of hydrogen-bond acceptors (Lipinski definition) is 3. The summed E-state index contributed by atoms with van der Waals surface area (Å²) in [6.45, 7) is 0.520. The molecule has 0 aliphatic carbocycles. The van der Waals surface area contributed by atoms with Gasteiger partial charge in [0.05, 0.1) is 0 Å². The Hall–Kier alpha value is -1.62. The number of nitrogens with one attached hydrogen (secondary N) is 1. The molecule has 5 heteroatoms. The Bertz CT molecular complexity index is 357. The molecule has 0 saturated heterocycles. The van der Waals surface area contributed by atoms with Crippen molar-refractivity contribution in [1.82, 2.24) is 5.32 Å². The molecule has 2 N–H and O–H groups in total. The largest absolute Gasteiger partial charge is 0.479 e. The molecule has 0 aromatic heterocycles. The SMILES string of the molecule is CNCCC(Oc1cccc(F)c1)C(=O)O. The molecule has 4 nitrogen and oxygen atoms in total. The minimum Gasteiger partial charge on any atom is -0.479 e. The lowest BCUT2D eigenvalue weighted by atomic mass is 10.2. The molecule has 1 unspecified atom stereocenters. The Morgan fingerprint density at radius 1 is 1.62 bits per heavy atom. The van der Waals surface area contributed by atoms with Crippen LogP contribution in [-0.2, 0) is 4.79 Å². The van der Waals surface area contributed by atoms with E-state index in [1.165, 1.54) is 18.2 Å². The Morgan fingerprint density at radius 2 is 2.38 bits per heavy atom. The van der Waals surface area contributed by atoms with Crippen LogP contribution in [0, 0.1) is 5.82 Å². The van der Waals surface area contributed by atoms with Crippen molar-refractivity contribution in [2.75, 3.05) is 13.6 Å². The van der Waals surface area contributed by atoms with Gasteiger partial charge in [-0.3, -0.25) is 0 Å². The second kappa shape index (κ2) is 6.07. The summed E-state index contributed by atoms with van der Waals surface area (Å²) in [7, 11) is 1.72. The number of hydrogen-bond donors (Lipinski definition) is 2. The van der Waals surface area contributed by atoms with Crippen molar-refractivity contribution in [3.8, 4) is 5.75 Å². The molecule has 0 fully saturated rings. The summed E-state index contributed by atoms with van der Waals surface area (Å²) >= 11 is 0. The van der Waals surface area contributed by atoms with Crippen molar-refractivity contribution in [3.63, 3.8) is 0 Å². The van der Waals surface area contributed by atoms with E-state index in [1.54, 1.807) is 7.05 Å². The van der Waals surface area contributed by atoms with Gasteiger partial charge in [-0.25, -0.2) is 9.18 Å². The van der Waals surface area contributed by atoms with Gasteiger partial charge >= 0.3 is 5.97 Å². The zero-order chi connectivity index (χ0) is 12.0. The minimum absolute atomic E-state index is 0.225. The average molecular weight is 227 g/mol. The lowest BCUT2D eigenvalue weighted by Crippen LogP contribution is -2.30. The van der Waals surface area contributed by atoms with Gasteiger partial charge in [-0.05, 0) is 25.7 Å². The molecule has 0 radical (unpaired) electrons. The molecular formula is C11H14FNO3. The molecule has 0 amide bonds. The van der Waals surface area contributed by atoms with Gasteiger partial charge in [-0.15, -0.1) is 0 Å². The summed E-state index contributed by atoms with van der Waals surface area (Å²) in [5, 5.41) is 11.7. The molecule has 0 saturated carbocycles. The van der Waals surface area contributed by atoms with Crippen LogP contribution in [0.4, 0.5) is 4.39 Å². The summed E-state index contributed by atoms with van der Waals surface area (Å²) in [4.78, 5) is 10.8. The van der Waals surface area contributed by atoms with Crippen molar-refractivity contribution in [1.29, 1.82) is 0 Å². The highest BCUT2D eigenvalue weighted by Gasteiger charge is 2.18. The summed E-state index contributed by atoms with van der Waals surface area (Å²) < 4.78 is 18.0. The molecule has 0 spiro atoms. The zero-order valence-corrected chi connectivity index (χ0v) is 8.94. The minimum atomic E-state index is -1.06. The predicted octanol–water partition coefficient (Wildman–Crippen LogP) is 1.27. The smallest absolute Gasteiger partial charge is 0.344 e. The maximum atomic E-state index is 12.8. The molecule has 1 aromatic rings. The number of benzene rings is 1. The third kappa shape index (κ3) is 3.86. The monoisotopic (exact) mass is 227 g/mol. The Morgan fingerprint density at radius 3 is 2.94 bits per heavy atom. The molecule has 88 valence electrons. The lowest BCUT2D eigenvalue weighted by molar-refractivity contribution is -0.145. The van der Waals surface area contributed by atoms with E-state index < -0.39 is 17.9 Å². The number of halogens is 1. The second-order valence-electron chi connectivity index (χ2n) is 3.29. The van der Waals surface area contributed by atoms with E-state index in [2.05, 4.69) is 5.32 Å². The van der Waals surface area contributed by atoms with E-state index in [1.807, 2.05) is 0 Å². The van der Waals surface area contributed by atoms with E-state index >= 15 is 0 Å². The number of carbonyl (C=O) groups is 1. The normalized spacial score (nSPS) is 12.1. The van der Waals surface area contributed by atoms with E-state index in [4.69, 9.17) is 9.84 Å². The van der Waals surface area contributed by atoms with Crippen LogP contribution in [0.2, 0.25) is 0 Å². The van der Waals surface area contributed by atoms with Crippen molar-refractivity contribution in [2.45, 2.75) is 12.5 Å². The molecule has 0 aliphatic heterocycles. The van der Waals surface area contributed by atoms with E-state index in [0.717, 1.165) is 6.07 Å². The number of rotatable bonds is 6. The molecule has 0 heterocycles. The highest BCUT2D eigenvalue weighted by molar-refractivity contribution is 5.72. The standard InChI is InChI=1S/C11H14FNO3/c1-13-6-5-10(11(14)15)16-9-4-2-3-8(12)7-9/h2-4,7,10,13H,5-6H2,1H3,(H,14,15). The lowest BCUT2D eigenvalue weighted by Gasteiger charge is -2.14. The third-order valence-corrected chi connectivity index (χ3v) is 2.01. The summed E-state index contributed by atoms with van der Waals surface area (Å²) in [6.07, 6.45) is -0.642. The number of carboxylic acids is 1. The molecule has 1 atom stereocenters. The number of carboxylic acid groups (broad SMARTS) is 1. The molecule has 1 aromatic carbocycles. The molecule has 16 heavy (non-hydrogen) atoms. The van der Waals surface area contributed by atoms with Crippen molar-refractivity contribution < 1.29 is 19.0 Å². The maximum absolute atomic E-state index is 12.8. The van der Waals surface area contributed by atoms with E-state index in [0.29, 0.717) is 13.0 Å². The van der Waals surface area contributed by atoms with Crippen LogP contribution in [0.5, 0.6) is 5.75 Å². The topological polar surface area (TPSA) is 58.6 Å². The van der Waals surface area contributed by atoms with Gasteiger partial charge in [0.15, 0.2) is 6.10 Å². The van der Waals surface area contributed by atoms with Gasteiger partial charge in [0.2, 0.25) is 0 Å². The molecule has 0 aliphatic rings. The van der Waals surface area contributed by atoms with Gasteiger partial charge < -0.3 is 15.2 Å². The first kappa shape index (κ1) is 12.4. The Labute approximate surface area is 93.0 Å². The summed E-state index contributed by atoms with van der Waals surface area (Å²) in [6, 6.07) is 5.44. The van der Waals surface area contributed by atoms with Gasteiger partial charge in [-0.2, -0.15) is 0 Å². The fourth-order valence-electron chi connectivity index (χ4n) is 1.21.